The second-order valence-electron chi connectivity index (χ2n) is 4.87. The fraction of sp³-hybridized carbons (Fsp3) is 0.500. The van der Waals surface area contributed by atoms with Crippen molar-refractivity contribution in [2.24, 2.45) is 0 Å². The molecule has 1 N–H and O–H groups in total. The first kappa shape index (κ1) is 14.4. The first-order valence-corrected chi connectivity index (χ1v) is 7.46. The van der Waals surface area contributed by atoms with Crippen LogP contribution >= 0.6 is 0 Å². The van der Waals surface area contributed by atoms with Crippen LogP contribution in [-0.2, 0) is 10.0 Å². The first-order valence-electron chi connectivity index (χ1n) is 6.02. The second kappa shape index (κ2) is 5.15. The highest BCUT2D eigenvalue weighted by atomic mass is 32.2. The Labute approximate surface area is 111 Å². The zero-order valence-corrected chi connectivity index (χ0v) is 11.5. The first-order chi connectivity index (χ1) is 8.80. The van der Waals surface area contributed by atoms with Crippen molar-refractivity contribution in [3.05, 3.63) is 29.8 Å². The summed E-state index contributed by atoms with van der Waals surface area (Å²) in [7, 11) is -4.00. The molecule has 1 aromatic rings. The Hall–Kier alpha value is -1.05. The molecule has 0 aromatic heterocycles. The molecule has 1 aliphatic heterocycles. The Bertz CT molecular complexity index is 567. The van der Waals surface area contributed by atoms with Gasteiger partial charge in [0.25, 0.3) is 0 Å². The molecule has 1 aliphatic rings. The van der Waals surface area contributed by atoms with Crippen LogP contribution in [0.15, 0.2) is 23.1 Å². The van der Waals surface area contributed by atoms with Crippen LogP contribution in [0.5, 0.6) is 0 Å². The van der Waals surface area contributed by atoms with Crippen LogP contribution in [0.4, 0.5) is 8.78 Å². The van der Waals surface area contributed by atoms with E-state index in [4.69, 9.17) is 0 Å². The molecule has 0 spiro atoms. The van der Waals surface area contributed by atoms with Crippen molar-refractivity contribution in [1.82, 2.24) is 9.62 Å². The topological polar surface area (TPSA) is 49.4 Å². The summed E-state index contributed by atoms with van der Waals surface area (Å²) in [4.78, 5) is -0.603. The lowest BCUT2D eigenvalue weighted by molar-refractivity contribution is 0.262. The summed E-state index contributed by atoms with van der Waals surface area (Å²) in [6.07, 6.45) is 0. The molecule has 19 heavy (non-hydrogen) atoms. The Balaban J connectivity index is 2.39. The average Bonchev–Trinajstić information content (AvgIpc) is 2.31. The van der Waals surface area contributed by atoms with Crippen molar-refractivity contribution in [2.45, 2.75) is 30.8 Å². The van der Waals surface area contributed by atoms with Crippen LogP contribution in [0.25, 0.3) is 0 Å². The van der Waals surface area contributed by atoms with Crippen molar-refractivity contribution >= 4 is 10.0 Å². The van der Waals surface area contributed by atoms with Gasteiger partial charge in [0.1, 0.15) is 16.5 Å². The SMILES string of the molecule is C[C@H]1CN(S(=O)(=O)c2cc(F)ccc2F)C[C@H](C)N1. The van der Waals surface area contributed by atoms with Gasteiger partial charge in [-0.25, -0.2) is 17.2 Å². The van der Waals surface area contributed by atoms with E-state index in [9.17, 15) is 17.2 Å². The van der Waals surface area contributed by atoms with Crippen molar-refractivity contribution < 1.29 is 17.2 Å². The molecular formula is C12H16F2N2O2S. The van der Waals surface area contributed by atoms with E-state index < -0.39 is 26.6 Å². The standard InChI is InChI=1S/C12H16F2N2O2S/c1-8-6-16(7-9(2)15-8)19(17,18)12-5-10(13)3-4-11(12)14/h3-5,8-9,15H,6-7H2,1-2H3/t8-,9-/m0/s1. The molecule has 4 nitrogen and oxygen atoms in total. The monoisotopic (exact) mass is 290 g/mol. The van der Waals surface area contributed by atoms with E-state index in [0.29, 0.717) is 0 Å². The van der Waals surface area contributed by atoms with Gasteiger partial charge in [-0.1, -0.05) is 0 Å². The van der Waals surface area contributed by atoms with Gasteiger partial charge in [0.2, 0.25) is 10.0 Å². The van der Waals surface area contributed by atoms with Gasteiger partial charge in [-0.15, -0.1) is 0 Å². The Morgan fingerprint density at radius 2 is 1.79 bits per heavy atom. The molecule has 1 aromatic carbocycles. The van der Waals surface area contributed by atoms with Crippen LogP contribution in [0, 0.1) is 11.6 Å². The third-order valence-electron chi connectivity index (χ3n) is 3.04. The van der Waals surface area contributed by atoms with Gasteiger partial charge in [-0.2, -0.15) is 4.31 Å². The number of hydrogen-bond acceptors (Lipinski definition) is 3. The van der Waals surface area contributed by atoms with E-state index in [0.717, 1.165) is 18.2 Å². The van der Waals surface area contributed by atoms with Crippen molar-refractivity contribution in [3.63, 3.8) is 0 Å². The highest BCUT2D eigenvalue weighted by Gasteiger charge is 2.33. The fourth-order valence-corrected chi connectivity index (χ4v) is 3.98. The maximum atomic E-state index is 13.6. The summed E-state index contributed by atoms with van der Waals surface area (Å²) in [5.74, 6) is -1.70. The highest BCUT2D eigenvalue weighted by molar-refractivity contribution is 7.89. The third-order valence-corrected chi connectivity index (χ3v) is 4.88. The fourth-order valence-electron chi connectivity index (χ4n) is 2.29. The van der Waals surface area contributed by atoms with Crippen LogP contribution in [0.3, 0.4) is 0 Å². The zero-order chi connectivity index (χ0) is 14.2. The van der Waals surface area contributed by atoms with E-state index in [1.165, 1.54) is 4.31 Å². The molecule has 1 saturated heterocycles. The summed E-state index contributed by atoms with van der Waals surface area (Å²) in [5.41, 5.74) is 0. The molecule has 2 atom stereocenters. The number of benzene rings is 1. The van der Waals surface area contributed by atoms with Crippen molar-refractivity contribution in [1.29, 1.82) is 0 Å². The van der Waals surface area contributed by atoms with Gasteiger partial charge in [0.05, 0.1) is 0 Å². The molecule has 0 saturated carbocycles. The predicted molar refractivity (Wildman–Crippen MR) is 67.2 cm³/mol. The number of hydrogen-bond donors (Lipinski definition) is 1. The van der Waals surface area contributed by atoms with E-state index in [1.807, 2.05) is 13.8 Å². The summed E-state index contributed by atoms with van der Waals surface area (Å²) >= 11 is 0. The molecule has 0 bridgehead atoms. The lowest BCUT2D eigenvalue weighted by Gasteiger charge is -2.35. The van der Waals surface area contributed by atoms with Gasteiger partial charge in [0.15, 0.2) is 0 Å². The number of nitrogens with one attached hydrogen (secondary N) is 1. The smallest absolute Gasteiger partial charge is 0.246 e. The zero-order valence-electron chi connectivity index (χ0n) is 10.7. The van der Waals surface area contributed by atoms with Gasteiger partial charge >= 0.3 is 0 Å². The highest BCUT2D eigenvalue weighted by Crippen LogP contribution is 2.22. The third kappa shape index (κ3) is 2.93. The van der Waals surface area contributed by atoms with E-state index >= 15 is 0 Å². The number of halogens is 2. The summed E-state index contributed by atoms with van der Waals surface area (Å²) in [5, 5.41) is 3.18. The molecule has 1 fully saturated rings. The quantitative estimate of drug-likeness (QED) is 0.894. The van der Waals surface area contributed by atoms with E-state index in [1.54, 1.807) is 0 Å². The maximum Gasteiger partial charge on any atom is 0.246 e. The Morgan fingerprint density at radius 1 is 1.21 bits per heavy atom. The Kier molecular flexibility index (Phi) is 3.89. The molecular weight excluding hydrogens is 274 g/mol. The Morgan fingerprint density at radius 3 is 2.37 bits per heavy atom. The lowest BCUT2D eigenvalue weighted by atomic mass is 10.2. The summed E-state index contributed by atoms with van der Waals surface area (Å²) < 4.78 is 52.6. The van der Waals surface area contributed by atoms with Crippen LogP contribution in [0.2, 0.25) is 0 Å². The van der Waals surface area contributed by atoms with E-state index in [-0.39, 0.29) is 25.2 Å². The van der Waals surface area contributed by atoms with Crippen molar-refractivity contribution in [3.8, 4) is 0 Å². The van der Waals surface area contributed by atoms with Crippen LogP contribution in [-0.4, -0.2) is 37.9 Å². The maximum absolute atomic E-state index is 13.6. The van der Waals surface area contributed by atoms with Crippen molar-refractivity contribution in [2.75, 3.05) is 13.1 Å². The molecule has 0 aliphatic carbocycles. The van der Waals surface area contributed by atoms with Gasteiger partial charge in [-0.05, 0) is 32.0 Å². The molecule has 7 heteroatoms. The number of nitrogens with zero attached hydrogens (tertiary/aromatic N) is 1. The molecule has 2 rings (SSSR count). The number of rotatable bonds is 2. The largest absolute Gasteiger partial charge is 0.309 e. The van der Waals surface area contributed by atoms with Crippen LogP contribution in [0.1, 0.15) is 13.8 Å². The minimum absolute atomic E-state index is 0.0323. The predicted octanol–water partition coefficient (Wildman–Crippen LogP) is 1.34. The van der Waals surface area contributed by atoms with Gasteiger partial charge < -0.3 is 5.32 Å². The molecule has 106 valence electrons. The summed E-state index contributed by atoms with van der Waals surface area (Å²) in [6, 6.07) is 2.39. The molecule has 0 unspecified atom stereocenters. The second-order valence-corrected chi connectivity index (χ2v) is 6.77. The number of piperazine rings is 1. The normalized spacial score (nSPS) is 25.5. The summed E-state index contributed by atoms with van der Waals surface area (Å²) in [6.45, 7) is 4.17. The number of sulfonamides is 1. The average molecular weight is 290 g/mol. The molecule has 0 radical (unpaired) electrons. The lowest BCUT2D eigenvalue weighted by Crippen LogP contribution is -2.55. The van der Waals surface area contributed by atoms with E-state index in [2.05, 4.69) is 5.32 Å². The van der Waals surface area contributed by atoms with Gasteiger partial charge in [-0.3, -0.25) is 0 Å². The van der Waals surface area contributed by atoms with Crippen LogP contribution < -0.4 is 5.32 Å². The molecule has 0 amide bonds. The minimum Gasteiger partial charge on any atom is -0.309 e. The minimum atomic E-state index is -4.00. The van der Waals surface area contributed by atoms with Gasteiger partial charge in [0, 0.05) is 25.2 Å². The molecule has 1 heterocycles.